The minimum Gasteiger partial charge on any atom is -0.457 e. The molecule has 0 aliphatic heterocycles. The summed E-state index contributed by atoms with van der Waals surface area (Å²) in [5, 5.41) is 8.91. The topological polar surface area (TPSA) is 33.0 Å². The molecule has 0 radical (unpaired) electrons. The predicted molar refractivity (Wildman–Crippen MR) is 81.0 cm³/mol. The van der Waals surface area contributed by atoms with Gasteiger partial charge in [0.15, 0.2) is 0 Å². The highest BCUT2D eigenvalue weighted by atomic mass is 16.5. The van der Waals surface area contributed by atoms with Crippen LogP contribution in [-0.2, 0) is 6.42 Å². The number of nitrogens with zero attached hydrogens (tertiary/aromatic N) is 1. The molecule has 0 aliphatic carbocycles. The van der Waals surface area contributed by atoms with E-state index in [1.54, 1.807) is 6.07 Å². The highest BCUT2D eigenvalue weighted by Crippen LogP contribution is 2.24. The van der Waals surface area contributed by atoms with Crippen LogP contribution in [0.15, 0.2) is 42.5 Å². The maximum Gasteiger partial charge on any atom is 0.127 e. The molecule has 0 atom stereocenters. The molecule has 0 saturated carbocycles. The summed E-state index contributed by atoms with van der Waals surface area (Å²) in [5.74, 6) is 1.59. The molecule has 20 heavy (non-hydrogen) atoms. The van der Waals surface area contributed by atoms with Gasteiger partial charge in [0.2, 0.25) is 0 Å². The molecule has 0 N–H and O–H groups in total. The third kappa shape index (κ3) is 3.61. The van der Waals surface area contributed by atoms with Gasteiger partial charge in [-0.15, -0.1) is 0 Å². The van der Waals surface area contributed by atoms with E-state index in [-0.39, 0.29) is 0 Å². The van der Waals surface area contributed by atoms with Crippen molar-refractivity contribution < 1.29 is 4.74 Å². The second-order valence-corrected chi connectivity index (χ2v) is 4.94. The van der Waals surface area contributed by atoms with Crippen LogP contribution in [0.5, 0.6) is 11.5 Å². The number of hydrogen-bond donors (Lipinski definition) is 0. The first kappa shape index (κ1) is 14.1. The average Bonchev–Trinajstić information content (AvgIpc) is 2.47. The lowest BCUT2D eigenvalue weighted by molar-refractivity contribution is 0.482. The number of hydrogen-bond acceptors (Lipinski definition) is 2. The van der Waals surface area contributed by atoms with Crippen LogP contribution >= 0.6 is 0 Å². The molecular formula is C18H19NO. The van der Waals surface area contributed by atoms with Gasteiger partial charge >= 0.3 is 0 Å². The molecule has 0 amide bonds. The normalized spacial score (nSPS) is 10.1. The average molecular weight is 265 g/mol. The molecule has 0 bridgehead atoms. The monoisotopic (exact) mass is 265 g/mol. The van der Waals surface area contributed by atoms with Gasteiger partial charge in [-0.25, -0.2) is 0 Å². The first-order valence-corrected chi connectivity index (χ1v) is 7.00. The van der Waals surface area contributed by atoms with Gasteiger partial charge in [-0.1, -0.05) is 25.5 Å². The van der Waals surface area contributed by atoms with Crippen molar-refractivity contribution in [3.05, 3.63) is 59.2 Å². The van der Waals surface area contributed by atoms with Gasteiger partial charge in [-0.05, 0) is 61.2 Å². The molecule has 2 aromatic rings. The zero-order chi connectivity index (χ0) is 14.4. The highest BCUT2D eigenvalue weighted by Gasteiger charge is 2.02. The summed E-state index contributed by atoms with van der Waals surface area (Å²) in [6.07, 6.45) is 3.55. The van der Waals surface area contributed by atoms with E-state index >= 15 is 0 Å². The summed E-state index contributed by atoms with van der Waals surface area (Å²) >= 11 is 0. The summed E-state index contributed by atoms with van der Waals surface area (Å²) in [7, 11) is 0. The Morgan fingerprint density at radius 3 is 2.35 bits per heavy atom. The second kappa shape index (κ2) is 6.77. The zero-order valence-corrected chi connectivity index (χ0v) is 12.0. The number of unbranched alkanes of at least 4 members (excludes halogenated alkanes) is 1. The molecule has 0 spiro atoms. The number of rotatable bonds is 5. The Labute approximate surface area is 120 Å². The zero-order valence-electron chi connectivity index (χ0n) is 12.0. The van der Waals surface area contributed by atoms with Gasteiger partial charge in [0.1, 0.15) is 11.5 Å². The van der Waals surface area contributed by atoms with E-state index in [0.29, 0.717) is 5.56 Å². The maximum absolute atomic E-state index is 8.91. The van der Waals surface area contributed by atoms with Gasteiger partial charge in [-0.2, -0.15) is 5.26 Å². The lowest BCUT2D eigenvalue weighted by atomic mass is 10.1. The van der Waals surface area contributed by atoms with Crippen LogP contribution in [0.2, 0.25) is 0 Å². The van der Waals surface area contributed by atoms with E-state index in [0.717, 1.165) is 23.5 Å². The quantitative estimate of drug-likeness (QED) is 0.762. The van der Waals surface area contributed by atoms with Crippen molar-refractivity contribution in [3.63, 3.8) is 0 Å². The van der Waals surface area contributed by atoms with E-state index in [1.807, 2.05) is 31.2 Å². The Bertz CT molecular complexity index is 608. The van der Waals surface area contributed by atoms with Crippen LogP contribution in [0.4, 0.5) is 0 Å². The van der Waals surface area contributed by atoms with Gasteiger partial charge in [0.05, 0.1) is 11.6 Å². The van der Waals surface area contributed by atoms with Crippen molar-refractivity contribution in [2.45, 2.75) is 33.1 Å². The van der Waals surface area contributed by atoms with Gasteiger partial charge in [0.25, 0.3) is 0 Å². The van der Waals surface area contributed by atoms with Crippen molar-refractivity contribution in [3.8, 4) is 17.6 Å². The fraction of sp³-hybridized carbons (Fsp3) is 0.278. The van der Waals surface area contributed by atoms with Crippen molar-refractivity contribution in [2.24, 2.45) is 0 Å². The Balaban J connectivity index is 2.06. The molecule has 102 valence electrons. The summed E-state index contributed by atoms with van der Waals surface area (Å²) in [5.41, 5.74) is 2.96. The fourth-order valence-electron chi connectivity index (χ4n) is 2.07. The maximum atomic E-state index is 8.91. The summed E-state index contributed by atoms with van der Waals surface area (Å²) < 4.78 is 5.81. The number of nitriles is 1. The van der Waals surface area contributed by atoms with Gasteiger partial charge in [-0.3, -0.25) is 0 Å². The molecule has 0 saturated heterocycles. The first-order chi connectivity index (χ1) is 9.72. The van der Waals surface area contributed by atoms with E-state index in [2.05, 4.69) is 25.1 Å². The molecule has 0 aromatic heterocycles. The molecule has 0 fully saturated rings. The number of ether oxygens (including phenoxy) is 1. The van der Waals surface area contributed by atoms with Crippen molar-refractivity contribution in [1.29, 1.82) is 5.26 Å². The van der Waals surface area contributed by atoms with Gasteiger partial charge in [0, 0.05) is 0 Å². The minimum atomic E-state index is 0.687. The van der Waals surface area contributed by atoms with Gasteiger partial charge < -0.3 is 4.74 Å². The Kier molecular flexibility index (Phi) is 4.79. The Morgan fingerprint density at radius 1 is 1.05 bits per heavy atom. The molecule has 0 unspecified atom stereocenters. The molecular weight excluding hydrogens is 246 g/mol. The predicted octanol–water partition coefficient (Wildman–Crippen LogP) is 5.00. The van der Waals surface area contributed by atoms with Crippen LogP contribution in [0, 0.1) is 18.3 Å². The fourth-order valence-corrected chi connectivity index (χ4v) is 2.07. The van der Waals surface area contributed by atoms with Crippen LogP contribution in [0.3, 0.4) is 0 Å². The van der Waals surface area contributed by atoms with Crippen molar-refractivity contribution >= 4 is 0 Å². The standard InChI is InChI=1S/C18H19NO/c1-3-4-5-15-6-9-17(10-7-15)20-18-11-8-16(13-19)14(2)12-18/h6-12H,3-5H2,1-2H3. The van der Waals surface area contributed by atoms with Crippen LogP contribution in [-0.4, -0.2) is 0 Å². The van der Waals surface area contributed by atoms with Crippen LogP contribution < -0.4 is 4.74 Å². The molecule has 2 heteroatoms. The van der Waals surface area contributed by atoms with Crippen molar-refractivity contribution in [2.75, 3.05) is 0 Å². The lowest BCUT2D eigenvalue weighted by Crippen LogP contribution is -1.89. The van der Waals surface area contributed by atoms with E-state index in [1.165, 1.54) is 18.4 Å². The second-order valence-electron chi connectivity index (χ2n) is 4.94. The Hall–Kier alpha value is -2.27. The molecule has 2 nitrogen and oxygen atoms in total. The Morgan fingerprint density at radius 2 is 1.75 bits per heavy atom. The minimum absolute atomic E-state index is 0.687. The summed E-state index contributed by atoms with van der Waals surface area (Å²) in [4.78, 5) is 0. The highest BCUT2D eigenvalue weighted by molar-refractivity contribution is 5.43. The third-order valence-electron chi connectivity index (χ3n) is 3.30. The van der Waals surface area contributed by atoms with Crippen molar-refractivity contribution in [1.82, 2.24) is 0 Å². The van der Waals surface area contributed by atoms with Crippen LogP contribution in [0.25, 0.3) is 0 Å². The number of benzene rings is 2. The van der Waals surface area contributed by atoms with E-state index < -0.39 is 0 Å². The molecule has 0 aliphatic rings. The summed E-state index contributed by atoms with van der Waals surface area (Å²) in [6, 6.07) is 15.9. The largest absolute Gasteiger partial charge is 0.457 e. The molecule has 0 heterocycles. The lowest BCUT2D eigenvalue weighted by Gasteiger charge is -2.08. The summed E-state index contributed by atoms with van der Waals surface area (Å²) in [6.45, 7) is 4.12. The third-order valence-corrected chi connectivity index (χ3v) is 3.30. The van der Waals surface area contributed by atoms with E-state index in [9.17, 15) is 0 Å². The molecule has 2 rings (SSSR count). The smallest absolute Gasteiger partial charge is 0.127 e. The molecule has 2 aromatic carbocycles. The SMILES string of the molecule is CCCCc1ccc(Oc2ccc(C#N)c(C)c2)cc1. The van der Waals surface area contributed by atoms with E-state index in [4.69, 9.17) is 10.00 Å². The van der Waals surface area contributed by atoms with Crippen LogP contribution in [0.1, 0.15) is 36.5 Å². The number of aryl methyl sites for hydroxylation is 2. The first-order valence-electron chi connectivity index (χ1n) is 7.00.